The molecule has 0 unspecified atom stereocenters. The van der Waals surface area contributed by atoms with Gasteiger partial charge in [0, 0.05) is 25.0 Å². The molecule has 4 atom stereocenters. The van der Waals surface area contributed by atoms with Gasteiger partial charge in [0.25, 0.3) is 0 Å². The Balaban J connectivity index is 1.26. The molecule has 8 nitrogen and oxygen atoms in total. The van der Waals surface area contributed by atoms with Crippen molar-refractivity contribution in [1.29, 1.82) is 0 Å². The summed E-state index contributed by atoms with van der Waals surface area (Å²) < 4.78 is 17.9. The van der Waals surface area contributed by atoms with E-state index in [2.05, 4.69) is 0 Å². The highest BCUT2D eigenvalue weighted by Gasteiger charge is 2.45. The molecule has 2 aromatic heterocycles. The second-order valence-corrected chi connectivity index (χ2v) is 10.5. The molecule has 0 spiro atoms. The highest BCUT2D eigenvalue weighted by Crippen LogP contribution is 2.38. The Morgan fingerprint density at radius 2 is 1.24 bits per heavy atom. The minimum atomic E-state index is -1.66. The fraction of sp³-hybridized carbons (Fsp3) is 0.235. The van der Waals surface area contributed by atoms with Crippen molar-refractivity contribution in [2.75, 3.05) is 0 Å². The molecular formula is C34H30O8. The van der Waals surface area contributed by atoms with Gasteiger partial charge in [0.05, 0.1) is 10.9 Å². The van der Waals surface area contributed by atoms with Crippen LogP contribution < -0.4 is 15.6 Å². The summed E-state index contributed by atoms with van der Waals surface area (Å²) in [5.41, 5.74) is 1.74. The maximum Gasteiger partial charge on any atom is 0.193 e. The van der Waals surface area contributed by atoms with Crippen LogP contribution in [-0.2, 0) is 25.7 Å². The lowest BCUT2D eigenvalue weighted by molar-refractivity contribution is -0.121. The number of rotatable bonds is 8. The maximum absolute atomic E-state index is 13.3. The summed E-state index contributed by atoms with van der Waals surface area (Å²) in [5.74, 6) is 0.935. The van der Waals surface area contributed by atoms with E-state index in [4.69, 9.17) is 13.6 Å². The van der Waals surface area contributed by atoms with Gasteiger partial charge in [0.2, 0.25) is 0 Å². The van der Waals surface area contributed by atoms with Crippen LogP contribution in [0.4, 0.5) is 0 Å². The van der Waals surface area contributed by atoms with Crippen LogP contribution in [0.5, 0.6) is 5.75 Å². The van der Waals surface area contributed by atoms with Gasteiger partial charge < -0.3 is 28.9 Å². The zero-order valence-corrected chi connectivity index (χ0v) is 22.7. The molecule has 0 saturated carbocycles. The standard InChI is InChI=1S/C34H30O8/c35-26-18-23(13-11-20-7-3-1-4-8-20)40-28-16-15-22(17-25(26)28)41-33-29-27(36)19-24(14-12-21-9-5-2-6-10-21)42-34(29)32(39)30(37)31(33)38/h1-10,15-19,30-33,37-39H,11-14H2/t30-,31-,32+,33+/m0/s1. The third-order valence-electron chi connectivity index (χ3n) is 7.62. The molecule has 214 valence electrons. The Bertz CT molecular complexity index is 1810. The zero-order chi connectivity index (χ0) is 29.2. The lowest BCUT2D eigenvalue weighted by Crippen LogP contribution is -2.46. The van der Waals surface area contributed by atoms with Crippen LogP contribution in [0.15, 0.2) is 109 Å². The molecule has 0 radical (unpaired) electrons. The van der Waals surface area contributed by atoms with Crippen LogP contribution in [0.1, 0.15) is 46.2 Å². The summed E-state index contributed by atoms with van der Waals surface area (Å²) in [5, 5.41) is 32.4. The number of aliphatic hydroxyl groups excluding tert-OH is 3. The fourth-order valence-corrected chi connectivity index (χ4v) is 5.37. The van der Waals surface area contributed by atoms with Crippen LogP contribution in [0, 0.1) is 0 Å². The minimum Gasteiger partial charge on any atom is -0.483 e. The average molecular weight is 567 g/mol. The molecule has 1 aliphatic rings. The number of hydrogen-bond donors (Lipinski definition) is 3. The molecule has 0 fully saturated rings. The van der Waals surface area contributed by atoms with E-state index in [1.165, 1.54) is 18.2 Å². The summed E-state index contributed by atoms with van der Waals surface area (Å²) in [6.45, 7) is 0. The molecule has 1 aliphatic carbocycles. The van der Waals surface area contributed by atoms with E-state index in [1.54, 1.807) is 12.1 Å². The van der Waals surface area contributed by atoms with Gasteiger partial charge in [0.15, 0.2) is 17.0 Å². The van der Waals surface area contributed by atoms with Crippen molar-refractivity contribution >= 4 is 11.0 Å². The molecule has 0 aliphatic heterocycles. The second kappa shape index (κ2) is 11.8. The van der Waals surface area contributed by atoms with E-state index < -0.39 is 29.8 Å². The Hall–Kier alpha value is -4.50. The zero-order valence-electron chi connectivity index (χ0n) is 22.7. The molecule has 2 heterocycles. The first-order valence-corrected chi connectivity index (χ1v) is 13.9. The van der Waals surface area contributed by atoms with Gasteiger partial charge in [-0.25, -0.2) is 0 Å². The van der Waals surface area contributed by atoms with Crippen molar-refractivity contribution in [3.8, 4) is 5.75 Å². The van der Waals surface area contributed by atoms with E-state index in [0.29, 0.717) is 36.4 Å². The Labute approximate surface area is 241 Å². The lowest BCUT2D eigenvalue weighted by atomic mass is 9.86. The Morgan fingerprint density at radius 3 is 1.88 bits per heavy atom. The van der Waals surface area contributed by atoms with Crippen LogP contribution in [-0.4, -0.2) is 27.5 Å². The van der Waals surface area contributed by atoms with Crippen LogP contribution in [0.25, 0.3) is 11.0 Å². The van der Waals surface area contributed by atoms with Crippen molar-refractivity contribution in [2.24, 2.45) is 0 Å². The molecule has 5 aromatic rings. The Kier molecular flexibility index (Phi) is 7.75. The summed E-state index contributed by atoms with van der Waals surface area (Å²) in [6.07, 6.45) is -3.95. The number of aliphatic hydroxyl groups is 3. The van der Waals surface area contributed by atoms with Gasteiger partial charge >= 0.3 is 0 Å². The number of hydrogen-bond acceptors (Lipinski definition) is 8. The van der Waals surface area contributed by atoms with Crippen molar-refractivity contribution in [3.63, 3.8) is 0 Å². The third kappa shape index (κ3) is 5.65. The normalized spacial score (nSPS) is 19.9. The van der Waals surface area contributed by atoms with Gasteiger partial charge in [-0.1, -0.05) is 60.7 Å². The van der Waals surface area contributed by atoms with Gasteiger partial charge in [-0.15, -0.1) is 0 Å². The number of aryl methyl sites for hydroxylation is 4. The van der Waals surface area contributed by atoms with Gasteiger partial charge in [0.1, 0.15) is 46.9 Å². The highest BCUT2D eigenvalue weighted by atomic mass is 16.5. The predicted molar refractivity (Wildman–Crippen MR) is 156 cm³/mol. The van der Waals surface area contributed by atoms with E-state index in [1.807, 2.05) is 60.7 Å². The number of fused-ring (bicyclic) bond motifs is 2. The number of ether oxygens (including phenoxy) is 1. The Morgan fingerprint density at radius 1 is 0.643 bits per heavy atom. The smallest absolute Gasteiger partial charge is 0.193 e. The molecule has 8 heteroatoms. The summed E-state index contributed by atoms with van der Waals surface area (Å²) >= 11 is 0. The molecule has 3 aromatic carbocycles. The fourth-order valence-electron chi connectivity index (χ4n) is 5.37. The quantitative estimate of drug-likeness (QED) is 0.255. The molecule has 0 bridgehead atoms. The monoisotopic (exact) mass is 566 g/mol. The highest BCUT2D eigenvalue weighted by molar-refractivity contribution is 5.78. The minimum absolute atomic E-state index is 0.0767. The van der Waals surface area contributed by atoms with Gasteiger partial charge in [-0.2, -0.15) is 0 Å². The van der Waals surface area contributed by atoms with Crippen LogP contribution in [0.2, 0.25) is 0 Å². The summed E-state index contributed by atoms with van der Waals surface area (Å²) in [6, 6.07) is 27.0. The molecular weight excluding hydrogens is 536 g/mol. The second-order valence-electron chi connectivity index (χ2n) is 10.5. The van der Waals surface area contributed by atoms with Gasteiger partial charge in [-0.05, 0) is 42.2 Å². The van der Waals surface area contributed by atoms with E-state index in [9.17, 15) is 24.9 Å². The van der Waals surface area contributed by atoms with Crippen molar-refractivity contribution in [3.05, 3.63) is 145 Å². The first-order chi connectivity index (χ1) is 20.4. The SMILES string of the molecule is O=c1cc(CCc2ccccc2)oc2c1[C@@H](Oc1ccc3oc(CCc4ccccc4)cc(=O)c3c1)[C@@H](O)[C@H](O)[C@H]2O. The largest absolute Gasteiger partial charge is 0.483 e. The molecule has 42 heavy (non-hydrogen) atoms. The van der Waals surface area contributed by atoms with E-state index in [0.717, 1.165) is 17.5 Å². The van der Waals surface area contributed by atoms with E-state index >= 15 is 0 Å². The van der Waals surface area contributed by atoms with Crippen molar-refractivity contribution < 1.29 is 28.9 Å². The van der Waals surface area contributed by atoms with E-state index in [-0.39, 0.29) is 27.9 Å². The topological polar surface area (TPSA) is 130 Å². The first kappa shape index (κ1) is 27.7. The molecule has 6 rings (SSSR count). The van der Waals surface area contributed by atoms with Crippen molar-refractivity contribution in [2.45, 2.75) is 50.1 Å². The number of benzene rings is 3. The van der Waals surface area contributed by atoms with Crippen LogP contribution >= 0.6 is 0 Å². The molecule has 0 amide bonds. The predicted octanol–water partition coefficient (Wildman–Crippen LogP) is 4.21. The first-order valence-electron chi connectivity index (χ1n) is 13.9. The van der Waals surface area contributed by atoms with Gasteiger partial charge in [-0.3, -0.25) is 9.59 Å². The average Bonchev–Trinajstić information content (AvgIpc) is 3.01. The summed E-state index contributed by atoms with van der Waals surface area (Å²) in [4.78, 5) is 26.2. The van der Waals surface area contributed by atoms with Crippen LogP contribution in [0.3, 0.4) is 0 Å². The van der Waals surface area contributed by atoms with Crippen molar-refractivity contribution in [1.82, 2.24) is 0 Å². The lowest BCUT2D eigenvalue weighted by Gasteiger charge is -2.35. The molecule has 0 saturated heterocycles. The third-order valence-corrected chi connectivity index (χ3v) is 7.62. The maximum atomic E-state index is 13.3. The summed E-state index contributed by atoms with van der Waals surface area (Å²) in [7, 11) is 0. The molecule has 3 N–H and O–H groups in total.